The summed E-state index contributed by atoms with van der Waals surface area (Å²) < 4.78 is 0. The molecule has 0 bridgehead atoms. The zero-order valence-electron chi connectivity index (χ0n) is 13.2. The van der Waals surface area contributed by atoms with E-state index in [-0.39, 0.29) is 11.5 Å². The molecular weight excluding hydrogens is 250 g/mol. The second-order valence-electron chi connectivity index (χ2n) is 6.86. The number of aliphatic carboxylic acids is 1. The van der Waals surface area contributed by atoms with Crippen LogP contribution >= 0.6 is 0 Å². The maximum absolute atomic E-state index is 11.2. The van der Waals surface area contributed by atoms with Gasteiger partial charge in [0.15, 0.2) is 0 Å². The van der Waals surface area contributed by atoms with Gasteiger partial charge in [0.05, 0.1) is 5.41 Å². The van der Waals surface area contributed by atoms with Crippen molar-refractivity contribution >= 4 is 5.97 Å². The van der Waals surface area contributed by atoms with E-state index in [0.717, 1.165) is 12.0 Å². The first-order valence-electron chi connectivity index (χ1n) is 7.19. The highest BCUT2D eigenvalue weighted by Gasteiger charge is 2.30. The molecule has 0 saturated carbocycles. The first kappa shape index (κ1) is 16.7. The van der Waals surface area contributed by atoms with Crippen molar-refractivity contribution in [3.05, 3.63) is 35.4 Å². The van der Waals surface area contributed by atoms with Gasteiger partial charge in [0.2, 0.25) is 0 Å². The van der Waals surface area contributed by atoms with Crippen LogP contribution in [0.4, 0.5) is 0 Å². The molecule has 1 aromatic rings. The lowest BCUT2D eigenvalue weighted by molar-refractivity contribution is -0.147. The summed E-state index contributed by atoms with van der Waals surface area (Å²) in [5, 5.41) is 9.16. The minimum atomic E-state index is -0.809. The average Bonchev–Trinajstić information content (AvgIpc) is 2.38. The SMILES string of the molecule is CCC(C)(C)c1ccc(C(N)CC(C)(C)C(=O)O)cc1. The van der Waals surface area contributed by atoms with Gasteiger partial charge in [-0.15, -0.1) is 0 Å². The van der Waals surface area contributed by atoms with Gasteiger partial charge in [-0.1, -0.05) is 45.0 Å². The fourth-order valence-electron chi connectivity index (χ4n) is 2.14. The van der Waals surface area contributed by atoms with Crippen LogP contribution in [0, 0.1) is 5.41 Å². The molecule has 3 heteroatoms. The number of carboxylic acids is 1. The van der Waals surface area contributed by atoms with E-state index in [2.05, 4.69) is 32.9 Å². The van der Waals surface area contributed by atoms with Gasteiger partial charge in [0.1, 0.15) is 0 Å². The summed E-state index contributed by atoms with van der Waals surface area (Å²) in [5.41, 5.74) is 7.78. The Bertz CT molecular complexity index is 460. The lowest BCUT2D eigenvalue weighted by atomic mass is 9.80. The minimum Gasteiger partial charge on any atom is -0.481 e. The van der Waals surface area contributed by atoms with Crippen LogP contribution in [0.5, 0.6) is 0 Å². The molecular formula is C17H27NO2. The summed E-state index contributed by atoms with van der Waals surface area (Å²) in [5.74, 6) is -0.809. The summed E-state index contributed by atoms with van der Waals surface area (Å²) in [6.45, 7) is 10.0. The lowest BCUT2D eigenvalue weighted by Gasteiger charge is -2.26. The van der Waals surface area contributed by atoms with E-state index < -0.39 is 11.4 Å². The van der Waals surface area contributed by atoms with Crippen LogP contribution in [0.2, 0.25) is 0 Å². The van der Waals surface area contributed by atoms with E-state index >= 15 is 0 Å². The Morgan fingerprint density at radius 1 is 1.20 bits per heavy atom. The van der Waals surface area contributed by atoms with Gasteiger partial charge in [-0.2, -0.15) is 0 Å². The van der Waals surface area contributed by atoms with Crippen LogP contribution in [0.25, 0.3) is 0 Å². The molecule has 1 aromatic carbocycles. The monoisotopic (exact) mass is 277 g/mol. The molecule has 0 saturated heterocycles. The fraction of sp³-hybridized carbons (Fsp3) is 0.588. The van der Waals surface area contributed by atoms with Gasteiger partial charge in [0, 0.05) is 6.04 Å². The topological polar surface area (TPSA) is 63.3 Å². The van der Waals surface area contributed by atoms with E-state index in [0.29, 0.717) is 6.42 Å². The maximum atomic E-state index is 11.2. The smallest absolute Gasteiger partial charge is 0.309 e. The Balaban J connectivity index is 2.86. The second kappa shape index (κ2) is 5.96. The number of hydrogen-bond donors (Lipinski definition) is 2. The standard InChI is InChI=1S/C17H27NO2/c1-6-16(2,3)13-9-7-12(8-10-13)14(18)11-17(4,5)15(19)20/h7-10,14H,6,11,18H2,1-5H3,(H,19,20). The third kappa shape index (κ3) is 3.83. The molecule has 3 N–H and O–H groups in total. The molecule has 112 valence electrons. The van der Waals surface area contributed by atoms with Gasteiger partial charge in [-0.05, 0) is 43.2 Å². The molecule has 0 radical (unpaired) electrons. The normalized spacial score (nSPS) is 14.1. The zero-order valence-corrected chi connectivity index (χ0v) is 13.2. The maximum Gasteiger partial charge on any atom is 0.309 e. The Kier molecular flexibility index (Phi) is 4.98. The van der Waals surface area contributed by atoms with Crippen LogP contribution in [0.3, 0.4) is 0 Å². The van der Waals surface area contributed by atoms with Crippen molar-refractivity contribution in [3.8, 4) is 0 Å². The predicted molar refractivity (Wildman–Crippen MR) is 82.7 cm³/mol. The molecule has 1 unspecified atom stereocenters. The van der Waals surface area contributed by atoms with E-state index in [1.807, 2.05) is 12.1 Å². The molecule has 0 aliphatic rings. The molecule has 0 aromatic heterocycles. The molecule has 1 rings (SSSR count). The first-order valence-corrected chi connectivity index (χ1v) is 7.19. The number of rotatable bonds is 6. The highest BCUT2D eigenvalue weighted by atomic mass is 16.4. The third-order valence-electron chi connectivity index (χ3n) is 4.31. The first-order chi connectivity index (χ1) is 9.10. The lowest BCUT2D eigenvalue weighted by Crippen LogP contribution is -2.29. The third-order valence-corrected chi connectivity index (χ3v) is 4.31. The van der Waals surface area contributed by atoms with Gasteiger partial charge >= 0.3 is 5.97 Å². The minimum absolute atomic E-state index is 0.156. The molecule has 0 aliphatic carbocycles. The molecule has 1 atom stereocenters. The van der Waals surface area contributed by atoms with Crippen molar-refractivity contribution in [1.29, 1.82) is 0 Å². The highest BCUT2D eigenvalue weighted by molar-refractivity contribution is 5.73. The van der Waals surface area contributed by atoms with Crippen LogP contribution < -0.4 is 5.73 Å². The van der Waals surface area contributed by atoms with E-state index in [4.69, 9.17) is 10.8 Å². The molecule has 20 heavy (non-hydrogen) atoms. The predicted octanol–water partition coefficient (Wildman–Crippen LogP) is 3.87. The van der Waals surface area contributed by atoms with E-state index in [1.54, 1.807) is 13.8 Å². The van der Waals surface area contributed by atoms with E-state index in [9.17, 15) is 4.79 Å². The molecule has 0 fully saturated rings. The Morgan fingerprint density at radius 3 is 2.10 bits per heavy atom. The number of benzene rings is 1. The van der Waals surface area contributed by atoms with Gasteiger partial charge in [0.25, 0.3) is 0 Å². The van der Waals surface area contributed by atoms with Crippen LogP contribution in [-0.2, 0) is 10.2 Å². The van der Waals surface area contributed by atoms with Crippen molar-refractivity contribution in [2.24, 2.45) is 11.1 Å². The van der Waals surface area contributed by atoms with Crippen molar-refractivity contribution in [2.45, 2.75) is 58.9 Å². The van der Waals surface area contributed by atoms with Crippen LogP contribution in [0.1, 0.15) is 64.6 Å². The summed E-state index contributed by atoms with van der Waals surface area (Å²) in [7, 11) is 0. The Morgan fingerprint density at radius 2 is 1.70 bits per heavy atom. The van der Waals surface area contributed by atoms with Crippen LogP contribution in [0.15, 0.2) is 24.3 Å². The molecule has 0 amide bonds. The number of carbonyl (C=O) groups is 1. The molecule has 0 heterocycles. The quantitative estimate of drug-likeness (QED) is 0.829. The van der Waals surface area contributed by atoms with Crippen molar-refractivity contribution < 1.29 is 9.90 Å². The van der Waals surface area contributed by atoms with Gasteiger partial charge in [-0.25, -0.2) is 0 Å². The van der Waals surface area contributed by atoms with Gasteiger partial charge in [-0.3, -0.25) is 4.79 Å². The number of carboxylic acid groups (broad SMARTS) is 1. The summed E-state index contributed by atoms with van der Waals surface area (Å²) in [6.07, 6.45) is 1.50. The average molecular weight is 277 g/mol. The molecule has 0 aliphatic heterocycles. The van der Waals surface area contributed by atoms with E-state index in [1.165, 1.54) is 5.56 Å². The van der Waals surface area contributed by atoms with Crippen LogP contribution in [-0.4, -0.2) is 11.1 Å². The summed E-state index contributed by atoms with van der Waals surface area (Å²) in [6, 6.07) is 8.00. The van der Waals surface area contributed by atoms with Crippen molar-refractivity contribution in [1.82, 2.24) is 0 Å². The summed E-state index contributed by atoms with van der Waals surface area (Å²) in [4.78, 5) is 11.2. The van der Waals surface area contributed by atoms with Crippen molar-refractivity contribution in [3.63, 3.8) is 0 Å². The molecule has 0 spiro atoms. The number of nitrogens with two attached hydrogens (primary N) is 1. The largest absolute Gasteiger partial charge is 0.481 e. The highest BCUT2D eigenvalue weighted by Crippen LogP contribution is 2.31. The number of hydrogen-bond acceptors (Lipinski definition) is 2. The summed E-state index contributed by atoms with van der Waals surface area (Å²) >= 11 is 0. The Hall–Kier alpha value is -1.35. The molecule has 3 nitrogen and oxygen atoms in total. The fourth-order valence-corrected chi connectivity index (χ4v) is 2.14. The van der Waals surface area contributed by atoms with Gasteiger partial charge < -0.3 is 10.8 Å². The van der Waals surface area contributed by atoms with Crippen molar-refractivity contribution in [2.75, 3.05) is 0 Å². The zero-order chi connectivity index (χ0) is 15.6. The second-order valence-corrected chi connectivity index (χ2v) is 6.86. The Labute approximate surface area is 122 Å².